The average molecular weight is 287 g/mol. The second kappa shape index (κ2) is 6.52. The monoisotopic (exact) mass is 287 g/mol. The Bertz CT molecular complexity index is 585. The summed E-state index contributed by atoms with van der Waals surface area (Å²) in [4.78, 5) is 16.1. The first kappa shape index (κ1) is 15.2. The molecule has 5 nitrogen and oxygen atoms in total. The number of hydrogen-bond donors (Lipinski definition) is 1. The van der Waals surface area contributed by atoms with Crippen molar-refractivity contribution in [2.45, 2.75) is 39.0 Å². The summed E-state index contributed by atoms with van der Waals surface area (Å²) in [7, 11) is 0. The molecule has 1 amide bonds. The van der Waals surface area contributed by atoms with Crippen molar-refractivity contribution in [2.24, 2.45) is 0 Å². The molecule has 0 atom stereocenters. The number of nitrogens with one attached hydrogen (secondary N) is 1. The maximum Gasteiger partial charge on any atom is 0.232 e. The van der Waals surface area contributed by atoms with E-state index in [4.69, 9.17) is 4.52 Å². The van der Waals surface area contributed by atoms with Crippen molar-refractivity contribution >= 4 is 5.91 Å². The van der Waals surface area contributed by atoms with Crippen molar-refractivity contribution in [3.63, 3.8) is 0 Å². The molecule has 0 bridgehead atoms. The molecule has 1 N–H and O–H groups in total. The zero-order valence-electron chi connectivity index (χ0n) is 12.7. The average Bonchev–Trinajstić information content (AvgIpc) is 2.88. The van der Waals surface area contributed by atoms with Gasteiger partial charge in [0.2, 0.25) is 11.8 Å². The first-order chi connectivity index (χ1) is 9.95. The third-order valence-electron chi connectivity index (χ3n) is 2.99. The van der Waals surface area contributed by atoms with E-state index in [0.717, 1.165) is 5.56 Å². The van der Waals surface area contributed by atoms with Crippen LogP contribution in [0, 0.1) is 0 Å². The number of rotatable bonds is 5. The van der Waals surface area contributed by atoms with Gasteiger partial charge in [-0.1, -0.05) is 56.3 Å². The smallest absolute Gasteiger partial charge is 0.232 e. The van der Waals surface area contributed by atoms with Crippen LogP contribution in [0.4, 0.5) is 0 Å². The van der Waals surface area contributed by atoms with Crippen molar-refractivity contribution in [3.05, 3.63) is 47.6 Å². The molecule has 0 aliphatic carbocycles. The highest BCUT2D eigenvalue weighted by Crippen LogP contribution is 2.19. The Hall–Kier alpha value is -2.17. The highest BCUT2D eigenvalue weighted by atomic mass is 16.5. The van der Waals surface area contributed by atoms with Gasteiger partial charge in [0.25, 0.3) is 0 Å². The molecule has 1 heterocycles. The minimum absolute atomic E-state index is 0.000685. The SMILES string of the molecule is CC(C)(C)c1nc(CCNC(=O)Cc2ccccc2)no1. The normalized spacial score (nSPS) is 11.4. The van der Waals surface area contributed by atoms with E-state index in [1.54, 1.807) is 0 Å². The Balaban J connectivity index is 1.77. The lowest BCUT2D eigenvalue weighted by Gasteiger charge is -2.10. The minimum atomic E-state index is -0.151. The van der Waals surface area contributed by atoms with Gasteiger partial charge in [-0.2, -0.15) is 4.98 Å². The van der Waals surface area contributed by atoms with Crippen molar-refractivity contribution < 1.29 is 9.32 Å². The van der Waals surface area contributed by atoms with Gasteiger partial charge < -0.3 is 9.84 Å². The van der Waals surface area contributed by atoms with Crippen LogP contribution >= 0.6 is 0 Å². The first-order valence-corrected chi connectivity index (χ1v) is 7.09. The van der Waals surface area contributed by atoms with Crippen LogP contribution in [0.15, 0.2) is 34.9 Å². The first-order valence-electron chi connectivity index (χ1n) is 7.09. The molecule has 2 aromatic rings. The topological polar surface area (TPSA) is 68.0 Å². The predicted octanol–water partition coefficient (Wildman–Crippen LogP) is 2.27. The van der Waals surface area contributed by atoms with Crippen molar-refractivity contribution in [2.75, 3.05) is 6.54 Å². The molecule has 112 valence electrons. The van der Waals surface area contributed by atoms with Gasteiger partial charge in [-0.05, 0) is 5.56 Å². The molecule has 1 aromatic carbocycles. The summed E-state index contributed by atoms with van der Waals surface area (Å²) in [5.41, 5.74) is 0.853. The van der Waals surface area contributed by atoms with Gasteiger partial charge in [0.05, 0.1) is 6.42 Å². The summed E-state index contributed by atoms with van der Waals surface area (Å²) in [5, 5.41) is 6.79. The Morgan fingerprint density at radius 3 is 2.57 bits per heavy atom. The van der Waals surface area contributed by atoms with E-state index in [1.165, 1.54) is 0 Å². The van der Waals surface area contributed by atoms with Gasteiger partial charge >= 0.3 is 0 Å². The summed E-state index contributed by atoms with van der Waals surface area (Å²) >= 11 is 0. The van der Waals surface area contributed by atoms with Gasteiger partial charge in [-0.3, -0.25) is 4.79 Å². The summed E-state index contributed by atoms with van der Waals surface area (Å²) in [6.45, 7) is 6.57. The van der Waals surface area contributed by atoms with Gasteiger partial charge in [-0.15, -0.1) is 0 Å². The number of benzene rings is 1. The maximum absolute atomic E-state index is 11.8. The molecule has 1 aromatic heterocycles. The molecule has 5 heteroatoms. The molecule has 0 saturated heterocycles. The van der Waals surface area contributed by atoms with Crippen LogP contribution < -0.4 is 5.32 Å². The van der Waals surface area contributed by atoms with E-state index in [2.05, 4.69) is 15.5 Å². The molecule has 0 spiro atoms. The molecule has 0 fully saturated rings. The van der Waals surface area contributed by atoms with Crippen LogP contribution in [-0.2, 0) is 23.1 Å². The fourth-order valence-corrected chi connectivity index (χ4v) is 1.82. The molecular weight excluding hydrogens is 266 g/mol. The van der Waals surface area contributed by atoms with Gasteiger partial charge in [0.1, 0.15) is 0 Å². The highest BCUT2D eigenvalue weighted by Gasteiger charge is 2.21. The van der Waals surface area contributed by atoms with E-state index in [0.29, 0.717) is 31.1 Å². The van der Waals surface area contributed by atoms with E-state index in [9.17, 15) is 4.79 Å². The Morgan fingerprint density at radius 1 is 1.24 bits per heavy atom. The van der Waals surface area contributed by atoms with Crippen LogP contribution in [-0.4, -0.2) is 22.6 Å². The Morgan fingerprint density at radius 2 is 1.95 bits per heavy atom. The summed E-state index contributed by atoms with van der Waals surface area (Å²) in [5.74, 6) is 1.24. The lowest BCUT2D eigenvalue weighted by atomic mass is 9.97. The largest absolute Gasteiger partial charge is 0.355 e. The van der Waals surface area contributed by atoms with E-state index in [1.807, 2.05) is 51.1 Å². The van der Waals surface area contributed by atoms with E-state index >= 15 is 0 Å². The third-order valence-corrected chi connectivity index (χ3v) is 2.99. The van der Waals surface area contributed by atoms with Crippen molar-refractivity contribution in [3.8, 4) is 0 Å². The molecule has 2 rings (SSSR count). The summed E-state index contributed by atoms with van der Waals surface area (Å²) in [6.07, 6.45) is 0.959. The fraction of sp³-hybridized carbons (Fsp3) is 0.438. The van der Waals surface area contributed by atoms with Crippen LogP contribution in [0.25, 0.3) is 0 Å². The van der Waals surface area contributed by atoms with E-state index < -0.39 is 0 Å². The van der Waals surface area contributed by atoms with Gasteiger partial charge in [0.15, 0.2) is 5.82 Å². The number of nitrogens with zero attached hydrogens (tertiary/aromatic N) is 2. The lowest BCUT2D eigenvalue weighted by molar-refractivity contribution is -0.120. The van der Waals surface area contributed by atoms with Gasteiger partial charge in [0, 0.05) is 18.4 Å². The van der Waals surface area contributed by atoms with Gasteiger partial charge in [-0.25, -0.2) is 0 Å². The predicted molar refractivity (Wildman–Crippen MR) is 79.9 cm³/mol. The fourth-order valence-electron chi connectivity index (χ4n) is 1.82. The molecule has 0 aliphatic heterocycles. The Kier molecular flexibility index (Phi) is 4.73. The number of carbonyl (C=O) groups excluding carboxylic acids is 1. The summed E-state index contributed by atoms with van der Waals surface area (Å²) in [6, 6.07) is 9.67. The molecule has 0 radical (unpaired) electrons. The standard InChI is InChI=1S/C16H21N3O2/c1-16(2,3)15-18-13(19-21-15)9-10-17-14(20)11-12-7-5-4-6-8-12/h4-8H,9-11H2,1-3H3,(H,17,20). The van der Waals surface area contributed by atoms with Crippen LogP contribution in [0.1, 0.15) is 38.0 Å². The molecule has 0 aliphatic rings. The minimum Gasteiger partial charge on any atom is -0.355 e. The maximum atomic E-state index is 11.8. The Labute approximate surface area is 124 Å². The van der Waals surface area contributed by atoms with Crippen LogP contribution in [0.3, 0.4) is 0 Å². The van der Waals surface area contributed by atoms with Crippen LogP contribution in [0.2, 0.25) is 0 Å². The zero-order chi connectivity index (χ0) is 15.3. The molecule has 21 heavy (non-hydrogen) atoms. The van der Waals surface area contributed by atoms with E-state index in [-0.39, 0.29) is 11.3 Å². The second-order valence-corrected chi connectivity index (χ2v) is 6.03. The van der Waals surface area contributed by atoms with Crippen molar-refractivity contribution in [1.29, 1.82) is 0 Å². The third kappa shape index (κ3) is 4.70. The molecule has 0 unspecified atom stereocenters. The zero-order valence-corrected chi connectivity index (χ0v) is 12.7. The number of carbonyl (C=O) groups is 1. The lowest BCUT2D eigenvalue weighted by Crippen LogP contribution is -2.27. The molecule has 0 saturated carbocycles. The van der Waals surface area contributed by atoms with Crippen molar-refractivity contribution in [1.82, 2.24) is 15.5 Å². The number of hydrogen-bond acceptors (Lipinski definition) is 4. The highest BCUT2D eigenvalue weighted by molar-refractivity contribution is 5.78. The summed E-state index contributed by atoms with van der Waals surface area (Å²) < 4.78 is 5.21. The quantitative estimate of drug-likeness (QED) is 0.916. The number of amides is 1. The van der Waals surface area contributed by atoms with Crippen LogP contribution in [0.5, 0.6) is 0 Å². The number of aromatic nitrogens is 2. The second-order valence-electron chi connectivity index (χ2n) is 6.03. The molecular formula is C16H21N3O2.